The zero-order valence-corrected chi connectivity index (χ0v) is 12.4. The molecule has 124 valence electrons. The number of carbonyl (C=O) groups is 1. The third kappa shape index (κ3) is 3.81. The number of nitrogens with zero attached hydrogens (tertiary/aromatic N) is 2. The van der Waals surface area contributed by atoms with E-state index in [9.17, 15) is 18.0 Å². The summed E-state index contributed by atoms with van der Waals surface area (Å²) in [5, 5.41) is 8.80. The second-order valence-electron chi connectivity index (χ2n) is 4.56. The first-order chi connectivity index (χ1) is 11.5. The predicted octanol–water partition coefficient (Wildman–Crippen LogP) is 3.35. The molecular formula is C16H11F3N2O3. The van der Waals surface area contributed by atoms with Gasteiger partial charge in [0.2, 0.25) is 5.88 Å². The maximum Gasteiger partial charge on any atom is 0.339 e. The molecule has 5 nitrogen and oxygen atoms in total. The van der Waals surface area contributed by atoms with Crippen molar-refractivity contribution in [3.8, 4) is 23.1 Å². The minimum absolute atomic E-state index is 0.0386. The van der Waals surface area contributed by atoms with Gasteiger partial charge in [0.15, 0.2) is 0 Å². The molecule has 0 aliphatic rings. The quantitative estimate of drug-likeness (QED) is 0.783. The van der Waals surface area contributed by atoms with Crippen LogP contribution in [0.25, 0.3) is 11.1 Å². The fourth-order valence-corrected chi connectivity index (χ4v) is 1.86. The first kappa shape index (κ1) is 17.3. The van der Waals surface area contributed by atoms with Crippen molar-refractivity contribution in [3.63, 3.8) is 0 Å². The van der Waals surface area contributed by atoms with Crippen LogP contribution in [0.5, 0.6) is 5.88 Å². The molecule has 0 radical (unpaired) electrons. The van der Waals surface area contributed by atoms with E-state index in [1.165, 1.54) is 37.4 Å². The molecule has 0 N–H and O–H groups in total. The van der Waals surface area contributed by atoms with Gasteiger partial charge in [0.25, 0.3) is 6.36 Å². The third-order valence-corrected chi connectivity index (χ3v) is 3.02. The second-order valence-corrected chi connectivity index (χ2v) is 4.56. The molecule has 0 aliphatic carbocycles. The van der Waals surface area contributed by atoms with Crippen LogP contribution >= 0.6 is 0 Å². The normalized spacial score (nSPS) is 11.7. The number of carbonyl (C=O) groups excluding carboxylic acids is 1. The fourth-order valence-electron chi connectivity index (χ4n) is 1.86. The van der Waals surface area contributed by atoms with Gasteiger partial charge in [-0.15, -0.1) is 0 Å². The van der Waals surface area contributed by atoms with Crippen molar-refractivity contribution in [2.24, 2.45) is 0 Å². The fraction of sp³-hybridized carbons (Fsp3) is 0.188. The Balaban J connectivity index is 2.50. The number of benzene rings is 1. The van der Waals surface area contributed by atoms with Gasteiger partial charge in [0.1, 0.15) is 0 Å². The van der Waals surface area contributed by atoms with Crippen LogP contribution in [0, 0.1) is 11.3 Å². The summed E-state index contributed by atoms with van der Waals surface area (Å²) in [4.78, 5) is 15.3. The van der Waals surface area contributed by atoms with Crippen LogP contribution in [-0.4, -0.2) is 30.8 Å². The molecule has 1 heterocycles. The number of aromatic nitrogens is 1. The lowest BCUT2D eigenvalue weighted by atomic mass is 10.0. The van der Waals surface area contributed by atoms with Crippen LogP contribution in [0.3, 0.4) is 0 Å². The molecule has 0 amide bonds. The molecule has 24 heavy (non-hydrogen) atoms. The molecule has 0 saturated heterocycles. The van der Waals surface area contributed by atoms with Crippen molar-refractivity contribution in [1.82, 2.24) is 4.98 Å². The van der Waals surface area contributed by atoms with Gasteiger partial charge in [0, 0.05) is 11.8 Å². The van der Waals surface area contributed by atoms with Gasteiger partial charge in [-0.25, -0.2) is 18.6 Å². The van der Waals surface area contributed by atoms with Crippen molar-refractivity contribution in [2.45, 2.75) is 12.8 Å². The number of hydrogen-bond acceptors (Lipinski definition) is 5. The molecule has 0 fully saturated rings. The summed E-state index contributed by atoms with van der Waals surface area (Å²) in [6.07, 6.45) is -5.17. The topological polar surface area (TPSA) is 72.2 Å². The lowest BCUT2D eigenvalue weighted by Crippen LogP contribution is -2.20. The standard InChI is InChI=1S/C16H11F3N2O3/c1-23-16(22)11-6-12(10-4-2-9(7-20)3-5-10)15(21-8-11)24-14(19)13(17)18/h2-6,8,13-14H,1H3. The van der Waals surface area contributed by atoms with Crippen molar-refractivity contribution in [1.29, 1.82) is 5.26 Å². The third-order valence-electron chi connectivity index (χ3n) is 3.02. The molecule has 0 spiro atoms. The van der Waals surface area contributed by atoms with Gasteiger partial charge in [-0.2, -0.15) is 9.65 Å². The summed E-state index contributed by atoms with van der Waals surface area (Å²) in [7, 11) is 1.17. The van der Waals surface area contributed by atoms with Crippen LogP contribution in [0.15, 0.2) is 36.5 Å². The maximum absolute atomic E-state index is 13.2. The summed E-state index contributed by atoms with van der Waals surface area (Å²) in [5.74, 6) is -1.10. The van der Waals surface area contributed by atoms with Gasteiger partial charge >= 0.3 is 12.4 Å². The number of alkyl halides is 3. The number of esters is 1. The molecule has 2 aromatic rings. The van der Waals surface area contributed by atoms with E-state index in [2.05, 4.69) is 14.5 Å². The number of ether oxygens (including phenoxy) is 2. The Bertz CT molecular complexity index is 773. The summed E-state index contributed by atoms with van der Waals surface area (Å²) in [6, 6.07) is 9.16. The Kier molecular flexibility index (Phi) is 5.37. The number of rotatable bonds is 5. The van der Waals surface area contributed by atoms with E-state index in [0.29, 0.717) is 11.1 Å². The van der Waals surface area contributed by atoms with Crippen molar-refractivity contribution < 1.29 is 27.4 Å². The molecule has 0 saturated carbocycles. The Morgan fingerprint density at radius 2 is 1.92 bits per heavy atom. The van der Waals surface area contributed by atoms with E-state index in [4.69, 9.17) is 5.26 Å². The van der Waals surface area contributed by atoms with E-state index >= 15 is 0 Å². The van der Waals surface area contributed by atoms with Crippen molar-refractivity contribution in [2.75, 3.05) is 7.11 Å². The summed E-state index contributed by atoms with van der Waals surface area (Å²) < 4.78 is 47.1. The van der Waals surface area contributed by atoms with Crippen LogP contribution in [0.4, 0.5) is 13.2 Å². The number of methoxy groups -OCH3 is 1. The zero-order chi connectivity index (χ0) is 17.7. The van der Waals surface area contributed by atoms with Crippen molar-refractivity contribution in [3.05, 3.63) is 47.7 Å². The Labute approximate surface area is 135 Å². The minimum atomic E-state index is -3.35. The zero-order valence-electron chi connectivity index (χ0n) is 12.4. The summed E-state index contributed by atoms with van der Waals surface area (Å²) in [5.41, 5.74) is 0.931. The van der Waals surface area contributed by atoms with Crippen LogP contribution in [0.1, 0.15) is 15.9 Å². The Morgan fingerprint density at radius 1 is 1.25 bits per heavy atom. The average molecular weight is 336 g/mol. The van der Waals surface area contributed by atoms with E-state index in [1.54, 1.807) is 0 Å². The molecule has 1 atom stereocenters. The van der Waals surface area contributed by atoms with E-state index < -0.39 is 24.6 Å². The highest BCUT2D eigenvalue weighted by atomic mass is 19.3. The highest BCUT2D eigenvalue weighted by molar-refractivity contribution is 5.91. The molecule has 1 unspecified atom stereocenters. The van der Waals surface area contributed by atoms with Crippen LogP contribution in [-0.2, 0) is 4.74 Å². The Hall–Kier alpha value is -3.08. The number of halogens is 3. The van der Waals surface area contributed by atoms with Crippen molar-refractivity contribution >= 4 is 5.97 Å². The number of hydrogen-bond donors (Lipinski definition) is 0. The van der Waals surface area contributed by atoms with Gasteiger partial charge in [0.05, 0.1) is 24.3 Å². The van der Waals surface area contributed by atoms with E-state index in [-0.39, 0.29) is 11.1 Å². The monoisotopic (exact) mass is 336 g/mol. The minimum Gasteiger partial charge on any atom is -0.465 e. The van der Waals surface area contributed by atoms with Gasteiger partial charge in [-0.3, -0.25) is 0 Å². The number of pyridine rings is 1. The van der Waals surface area contributed by atoms with Gasteiger partial charge in [-0.1, -0.05) is 12.1 Å². The molecular weight excluding hydrogens is 325 g/mol. The highest BCUT2D eigenvalue weighted by Crippen LogP contribution is 2.31. The lowest BCUT2D eigenvalue weighted by molar-refractivity contribution is -0.0687. The molecule has 1 aromatic carbocycles. The van der Waals surface area contributed by atoms with Gasteiger partial charge in [-0.05, 0) is 23.8 Å². The lowest BCUT2D eigenvalue weighted by Gasteiger charge is -2.14. The largest absolute Gasteiger partial charge is 0.465 e. The maximum atomic E-state index is 13.2. The SMILES string of the molecule is COC(=O)c1cnc(OC(F)C(F)F)c(-c2ccc(C#N)cc2)c1. The second kappa shape index (κ2) is 7.46. The summed E-state index contributed by atoms with van der Waals surface area (Å²) >= 11 is 0. The molecule has 0 aliphatic heterocycles. The number of nitriles is 1. The Morgan fingerprint density at radius 3 is 2.46 bits per heavy atom. The first-order valence-electron chi connectivity index (χ1n) is 6.64. The molecule has 0 bridgehead atoms. The van der Waals surface area contributed by atoms with E-state index in [0.717, 1.165) is 6.20 Å². The molecule has 2 rings (SSSR count). The van der Waals surface area contributed by atoms with Crippen LogP contribution in [0.2, 0.25) is 0 Å². The molecule has 1 aromatic heterocycles. The summed E-state index contributed by atoms with van der Waals surface area (Å²) in [6.45, 7) is 0. The van der Waals surface area contributed by atoms with Gasteiger partial charge < -0.3 is 9.47 Å². The van der Waals surface area contributed by atoms with E-state index in [1.807, 2.05) is 6.07 Å². The smallest absolute Gasteiger partial charge is 0.339 e. The van der Waals surface area contributed by atoms with Crippen LogP contribution < -0.4 is 4.74 Å². The predicted molar refractivity (Wildman–Crippen MR) is 77.3 cm³/mol. The molecule has 8 heteroatoms. The average Bonchev–Trinajstić information content (AvgIpc) is 2.61. The highest BCUT2D eigenvalue weighted by Gasteiger charge is 2.24. The first-order valence-corrected chi connectivity index (χ1v) is 6.64.